The van der Waals surface area contributed by atoms with E-state index in [1.807, 2.05) is 12.1 Å². The van der Waals surface area contributed by atoms with Crippen molar-refractivity contribution in [2.75, 3.05) is 19.0 Å². The molecular weight excluding hydrogens is 358 g/mol. The van der Waals surface area contributed by atoms with E-state index in [1.54, 1.807) is 0 Å². The van der Waals surface area contributed by atoms with Crippen LogP contribution >= 0.6 is 0 Å². The Morgan fingerprint density at radius 2 is 1.79 bits per heavy atom. The largest absolute Gasteiger partial charge is 0.495 e. The zero-order chi connectivity index (χ0) is 19.9. The molecule has 1 aliphatic rings. The number of methoxy groups -OCH3 is 1. The fourth-order valence-electron chi connectivity index (χ4n) is 3.55. The molecule has 6 heteroatoms. The van der Waals surface area contributed by atoms with Gasteiger partial charge in [-0.25, -0.2) is 4.79 Å². The van der Waals surface area contributed by atoms with E-state index in [0.29, 0.717) is 23.1 Å². The Balaban J connectivity index is 1.57. The molecule has 3 rings (SSSR count). The molecule has 0 aromatic heterocycles. The van der Waals surface area contributed by atoms with E-state index < -0.39 is 11.9 Å². The predicted octanol–water partition coefficient (Wildman–Crippen LogP) is 4.46. The summed E-state index contributed by atoms with van der Waals surface area (Å²) in [6, 6.07) is 12.2. The molecule has 2 aromatic carbocycles. The van der Waals surface area contributed by atoms with Gasteiger partial charge in [0.2, 0.25) is 0 Å². The number of ether oxygens (including phenoxy) is 2. The summed E-state index contributed by atoms with van der Waals surface area (Å²) in [7, 11) is 1.45. The van der Waals surface area contributed by atoms with E-state index in [2.05, 4.69) is 17.4 Å². The number of carbonyl (C=O) groups is 2. The van der Waals surface area contributed by atoms with Gasteiger partial charge in [-0.2, -0.15) is 0 Å². The highest BCUT2D eigenvalue weighted by molar-refractivity contribution is 5.96. The molecule has 1 fully saturated rings. The summed E-state index contributed by atoms with van der Waals surface area (Å²) in [5.41, 5.74) is 1.69. The molecular formula is C22H25NO5. The Bertz CT molecular complexity index is 825. The first-order chi connectivity index (χ1) is 13.6. The monoisotopic (exact) mass is 383 g/mol. The first-order valence-corrected chi connectivity index (χ1v) is 9.51. The Labute approximate surface area is 164 Å². The van der Waals surface area contributed by atoms with Crippen LogP contribution in [-0.4, -0.2) is 30.7 Å². The van der Waals surface area contributed by atoms with Crippen molar-refractivity contribution < 1.29 is 24.2 Å². The number of carbonyl (C=O) groups excluding carboxylic acids is 1. The number of hydrogen-bond acceptors (Lipinski definition) is 4. The Morgan fingerprint density at radius 1 is 1.07 bits per heavy atom. The quantitative estimate of drug-likeness (QED) is 0.737. The van der Waals surface area contributed by atoms with Crippen molar-refractivity contribution >= 4 is 17.6 Å². The summed E-state index contributed by atoms with van der Waals surface area (Å²) in [4.78, 5) is 23.3. The molecule has 6 nitrogen and oxygen atoms in total. The normalized spacial score (nSPS) is 14.3. The molecule has 0 atom stereocenters. The van der Waals surface area contributed by atoms with Gasteiger partial charge in [-0.15, -0.1) is 0 Å². The fourth-order valence-corrected chi connectivity index (χ4v) is 3.55. The maximum Gasteiger partial charge on any atom is 0.335 e. The van der Waals surface area contributed by atoms with Crippen LogP contribution in [0.3, 0.4) is 0 Å². The van der Waals surface area contributed by atoms with Crippen LogP contribution in [-0.2, 0) is 4.79 Å². The third-order valence-corrected chi connectivity index (χ3v) is 5.05. The van der Waals surface area contributed by atoms with Crippen LogP contribution < -0.4 is 14.8 Å². The van der Waals surface area contributed by atoms with E-state index in [-0.39, 0.29) is 12.2 Å². The molecule has 0 bridgehead atoms. The first-order valence-electron chi connectivity index (χ1n) is 9.51. The van der Waals surface area contributed by atoms with Crippen LogP contribution in [0.1, 0.15) is 53.9 Å². The number of amides is 1. The smallest absolute Gasteiger partial charge is 0.335 e. The number of rotatable bonds is 7. The lowest BCUT2D eigenvalue weighted by Gasteiger charge is -2.22. The zero-order valence-corrected chi connectivity index (χ0v) is 15.9. The minimum Gasteiger partial charge on any atom is -0.495 e. The van der Waals surface area contributed by atoms with E-state index in [4.69, 9.17) is 14.6 Å². The van der Waals surface area contributed by atoms with E-state index in [9.17, 15) is 9.59 Å². The zero-order valence-electron chi connectivity index (χ0n) is 15.9. The second kappa shape index (κ2) is 9.26. The van der Waals surface area contributed by atoms with Crippen LogP contribution in [0.15, 0.2) is 42.5 Å². The van der Waals surface area contributed by atoms with Gasteiger partial charge in [0, 0.05) is 0 Å². The molecule has 1 amide bonds. The van der Waals surface area contributed by atoms with Crippen molar-refractivity contribution in [2.45, 2.75) is 38.0 Å². The van der Waals surface area contributed by atoms with Crippen molar-refractivity contribution in [1.82, 2.24) is 0 Å². The highest BCUT2D eigenvalue weighted by Gasteiger charge is 2.16. The molecule has 1 saturated carbocycles. The van der Waals surface area contributed by atoms with Gasteiger partial charge in [-0.3, -0.25) is 4.79 Å². The summed E-state index contributed by atoms with van der Waals surface area (Å²) in [5.74, 6) is 0.167. The highest BCUT2D eigenvalue weighted by Crippen LogP contribution is 2.33. The van der Waals surface area contributed by atoms with Crippen molar-refractivity contribution in [3.63, 3.8) is 0 Å². The number of benzene rings is 2. The Hall–Kier alpha value is -3.02. The topological polar surface area (TPSA) is 84.9 Å². The second-order valence-corrected chi connectivity index (χ2v) is 6.96. The van der Waals surface area contributed by atoms with Crippen LogP contribution in [0, 0.1) is 0 Å². The molecule has 1 aliphatic carbocycles. The number of anilines is 1. The minimum absolute atomic E-state index is 0.0651. The molecule has 0 aliphatic heterocycles. The third-order valence-electron chi connectivity index (χ3n) is 5.05. The van der Waals surface area contributed by atoms with Crippen molar-refractivity contribution in [3.8, 4) is 11.5 Å². The lowest BCUT2D eigenvalue weighted by Crippen LogP contribution is -2.20. The minimum atomic E-state index is -1.08. The SMILES string of the molecule is COc1ccc(C(=O)O)cc1NC(=O)COc1ccc(C2CCCCC2)cc1. The molecule has 2 aromatic rings. The molecule has 28 heavy (non-hydrogen) atoms. The number of carboxylic acid groups (broad SMARTS) is 1. The van der Waals surface area contributed by atoms with Crippen molar-refractivity contribution in [2.24, 2.45) is 0 Å². The van der Waals surface area contributed by atoms with E-state index in [1.165, 1.54) is 63.0 Å². The molecule has 2 N–H and O–H groups in total. The van der Waals surface area contributed by atoms with Gasteiger partial charge < -0.3 is 19.9 Å². The van der Waals surface area contributed by atoms with Crippen molar-refractivity contribution in [1.29, 1.82) is 0 Å². The van der Waals surface area contributed by atoms with Gasteiger partial charge in [-0.1, -0.05) is 31.4 Å². The second-order valence-electron chi connectivity index (χ2n) is 6.96. The van der Waals surface area contributed by atoms with Gasteiger partial charge in [0.05, 0.1) is 18.4 Å². The standard InChI is InChI=1S/C22H25NO5/c1-27-20-12-9-17(22(25)26)13-19(20)23-21(24)14-28-18-10-7-16(8-11-18)15-5-3-2-4-6-15/h7-13,15H,2-6,14H2,1H3,(H,23,24)(H,25,26). The fraction of sp³-hybridized carbons (Fsp3) is 0.364. The summed E-state index contributed by atoms with van der Waals surface area (Å²) < 4.78 is 10.7. The number of hydrogen-bond donors (Lipinski definition) is 2. The average Bonchev–Trinajstić information content (AvgIpc) is 2.73. The van der Waals surface area contributed by atoms with Crippen molar-refractivity contribution in [3.05, 3.63) is 53.6 Å². The number of carboxylic acids is 1. The molecule has 0 spiro atoms. The van der Waals surface area contributed by atoms with E-state index >= 15 is 0 Å². The van der Waals surface area contributed by atoms with Crippen LogP contribution in [0.2, 0.25) is 0 Å². The van der Waals surface area contributed by atoms with Gasteiger partial charge >= 0.3 is 5.97 Å². The molecule has 0 radical (unpaired) electrons. The first kappa shape index (κ1) is 19.7. The van der Waals surface area contributed by atoms with Crippen LogP contribution in [0.25, 0.3) is 0 Å². The summed E-state index contributed by atoms with van der Waals surface area (Å²) in [6.45, 7) is -0.177. The highest BCUT2D eigenvalue weighted by atomic mass is 16.5. The van der Waals surface area contributed by atoms with Gasteiger partial charge in [0.25, 0.3) is 5.91 Å². The average molecular weight is 383 g/mol. The molecule has 0 heterocycles. The number of aromatic carboxylic acids is 1. The number of nitrogens with one attached hydrogen (secondary N) is 1. The summed E-state index contributed by atoms with van der Waals surface area (Å²) in [5, 5.41) is 11.7. The van der Waals surface area contributed by atoms with Crippen LogP contribution in [0.4, 0.5) is 5.69 Å². The molecule has 0 saturated heterocycles. The third kappa shape index (κ3) is 5.03. The van der Waals surface area contributed by atoms with Crippen LogP contribution in [0.5, 0.6) is 11.5 Å². The lowest BCUT2D eigenvalue weighted by atomic mass is 9.84. The lowest BCUT2D eigenvalue weighted by molar-refractivity contribution is -0.118. The molecule has 0 unspecified atom stereocenters. The summed E-state index contributed by atoms with van der Waals surface area (Å²) in [6.07, 6.45) is 6.37. The van der Waals surface area contributed by atoms with E-state index in [0.717, 1.165) is 0 Å². The predicted molar refractivity (Wildman–Crippen MR) is 106 cm³/mol. The Kier molecular flexibility index (Phi) is 6.53. The van der Waals surface area contributed by atoms with Gasteiger partial charge in [0.1, 0.15) is 11.5 Å². The van der Waals surface area contributed by atoms with Gasteiger partial charge in [-0.05, 0) is 54.7 Å². The van der Waals surface area contributed by atoms with Gasteiger partial charge in [0.15, 0.2) is 6.61 Å². The maximum atomic E-state index is 12.2. The maximum absolute atomic E-state index is 12.2. The molecule has 148 valence electrons. The Morgan fingerprint density at radius 3 is 2.43 bits per heavy atom. The summed E-state index contributed by atoms with van der Waals surface area (Å²) >= 11 is 0.